The van der Waals surface area contributed by atoms with Gasteiger partial charge in [0.1, 0.15) is 11.6 Å². The molecule has 0 aliphatic carbocycles. The molecule has 8 heteroatoms. The number of aromatic carboxylic acids is 1. The average molecular weight is 353 g/mol. The van der Waals surface area contributed by atoms with Gasteiger partial charge in [0, 0.05) is 11.9 Å². The molecule has 26 heavy (non-hydrogen) atoms. The van der Waals surface area contributed by atoms with Crippen molar-refractivity contribution >= 4 is 22.7 Å². The molecule has 8 nitrogen and oxygen atoms in total. The van der Waals surface area contributed by atoms with Crippen LogP contribution in [0.15, 0.2) is 36.4 Å². The Labute approximate surface area is 148 Å². The van der Waals surface area contributed by atoms with E-state index in [-0.39, 0.29) is 12.6 Å². The Bertz CT molecular complexity index is 1010. The average Bonchev–Trinajstić information content (AvgIpc) is 3.13. The number of benzene rings is 2. The van der Waals surface area contributed by atoms with Crippen molar-refractivity contribution in [1.29, 1.82) is 0 Å². The third-order valence-corrected chi connectivity index (χ3v) is 3.99. The minimum Gasteiger partial charge on any atom is -0.497 e. The van der Waals surface area contributed by atoms with Gasteiger partial charge in [0.25, 0.3) is 0 Å². The van der Waals surface area contributed by atoms with Gasteiger partial charge in [-0.1, -0.05) is 6.07 Å². The normalized spacial score (nSPS) is 12.2. The van der Waals surface area contributed by atoms with E-state index in [0.29, 0.717) is 40.5 Å². The van der Waals surface area contributed by atoms with Crippen LogP contribution in [0.5, 0.6) is 17.2 Å². The summed E-state index contributed by atoms with van der Waals surface area (Å²) in [5.41, 5.74) is 1.46. The van der Waals surface area contributed by atoms with E-state index in [0.717, 1.165) is 5.56 Å². The lowest BCUT2D eigenvalue weighted by molar-refractivity contribution is 0.0684. The van der Waals surface area contributed by atoms with Gasteiger partial charge in [-0.15, -0.1) is 0 Å². The summed E-state index contributed by atoms with van der Waals surface area (Å²) >= 11 is 0. The number of hydrogen-bond donors (Lipinski definition) is 2. The van der Waals surface area contributed by atoms with Crippen molar-refractivity contribution in [2.45, 2.75) is 6.54 Å². The van der Waals surface area contributed by atoms with Crippen LogP contribution in [0.4, 0.5) is 5.82 Å². The zero-order valence-electron chi connectivity index (χ0n) is 13.9. The van der Waals surface area contributed by atoms with Crippen LogP contribution in [-0.2, 0) is 6.54 Å². The Morgan fingerprint density at radius 1 is 1.19 bits per heavy atom. The van der Waals surface area contributed by atoms with Gasteiger partial charge in [-0.3, -0.25) is 0 Å². The minimum atomic E-state index is -1.19. The first-order valence-corrected chi connectivity index (χ1v) is 7.85. The Morgan fingerprint density at radius 3 is 2.85 bits per heavy atom. The second-order valence-corrected chi connectivity index (χ2v) is 5.63. The molecule has 1 aromatic heterocycles. The third kappa shape index (κ3) is 2.92. The van der Waals surface area contributed by atoms with Crippen molar-refractivity contribution in [3.05, 3.63) is 47.8 Å². The molecule has 3 aromatic rings. The number of rotatable bonds is 5. The van der Waals surface area contributed by atoms with Crippen LogP contribution in [0.3, 0.4) is 0 Å². The van der Waals surface area contributed by atoms with Gasteiger partial charge in [0.2, 0.25) is 12.6 Å². The lowest BCUT2D eigenvalue weighted by Gasteiger charge is -2.11. The highest BCUT2D eigenvalue weighted by Gasteiger charge is 2.15. The molecule has 0 saturated heterocycles. The molecule has 0 atom stereocenters. The number of nitrogens with one attached hydrogen (secondary N) is 1. The van der Waals surface area contributed by atoms with Crippen molar-refractivity contribution in [2.24, 2.45) is 0 Å². The fourth-order valence-corrected chi connectivity index (χ4v) is 2.70. The molecule has 2 N–H and O–H groups in total. The van der Waals surface area contributed by atoms with E-state index in [1.165, 1.54) is 0 Å². The molecule has 1 aliphatic rings. The van der Waals surface area contributed by atoms with Crippen LogP contribution in [0.1, 0.15) is 16.2 Å². The number of anilines is 1. The Morgan fingerprint density at radius 2 is 2.04 bits per heavy atom. The number of ether oxygens (including phenoxy) is 3. The Balaban J connectivity index is 1.68. The molecule has 0 radical (unpaired) electrons. The zero-order chi connectivity index (χ0) is 18.1. The summed E-state index contributed by atoms with van der Waals surface area (Å²) in [5, 5.41) is 13.1. The first kappa shape index (κ1) is 15.9. The smallest absolute Gasteiger partial charge is 0.374 e. The number of hydrogen-bond acceptors (Lipinski definition) is 7. The highest BCUT2D eigenvalue weighted by Crippen LogP contribution is 2.33. The molecule has 0 spiro atoms. The topological polar surface area (TPSA) is 103 Å². The molecule has 0 bridgehead atoms. The summed E-state index contributed by atoms with van der Waals surface area (Å²) in [7, 11) is 1.56. The number of methoxy groups -OCH3 is 1. The molecule has 2 heterocycles. The van der Waals surface area contributed by atoms with Crippen LogP contribution < -0.4 is 19.5 Å². The summed E-state index contributed by atoms with van der Waals surface area (Å²) in [6.45, 7) is 0.642. The number of fused-ring (bicyclic) bond motifs is 2. The second-order valence-electron chi connectivity index (χ2n) is 5.63. The largest absolute Gasteiger partial charge is 0.497 e. The van der Waals surface area contributed by atoms with Crippen LogP contribution in [0, 0.1) is 0 Å². The predicted octanol–water partition coefficient (Wildman–Crippen LogP) is 2.68. The van der Waals surface area contributed by atoms with E-state index in [1.807, 2.05) is 18.2 Å². The quantitative estimate of drug-likeness (QED) is 0.722. The fraction of sp³-hybridized carbons (Fsp3) is 0.167. The number of carbonyl (C=O) groups is 1. The minimum absolute atomic E-state index is 0.213. The van der Waals surface area contributed by atoms with Gasteiger partial charge in [0.05, 0.1) is 12.6 Å². The lowest BCUT2D eigenvalue weighted by Crippen LogP contribution is -2.09. The van der Waals surface area contributed by atoms with Crippen molar-refractivity contribution in [2.75, 3.05) is 19.2 Å². The number of carboxylic acids is 1. The first-order valence-electron chi connectivity index (χ1n) is 7.85. The number of aromatic nitrogens is 2. The summed E-state index contributed by atoms with van der Waals surface area (Å²) in [6.07, 6.45) is 0. The van der Waals surface area contributed by atoms with Crippen molar-refractivity contribution in [3.63, 3.8) is 0 Å². The summed E-state index contributed by atoms with van der Waals surface area (Å²) in [4.78, 5) is 19.5. The first-order chi connectivity index (χ1) is 12.6. The van der Waals surface area contributed by atoms with E-state index in [9.17, 15) is 9.90 Å². The molecule has 0 amide bonds. The van der Waals surface area contributed by atoms with Gasteiger partial charge in [-0.25, -0.2) is 14.8 Å². The van der Waals surface area contributed by atoms with Gasteiger partial charge in [-0.2, -0.15) is 0 Å². The summed E-state index contributed by atoms with van der Waals surface area (Å²) in [6, 6.07) is 10.8. The lowest BCUT2D eigenvalue weighted by atomic mass is 10.2. The van der Waals surface area contributed by atoms with Crippen molar-refractivity contribution in [3.8, 4) is 17.2 Å². The monoisotopic (exact) mass is 353 g/mol. The van der Waals surface area contributed by atoms with E-state index in [2.05, 4.69) is 15.3 Å². The van der Waals surface area contributed by atoms with E-state index >= 15 is 0 Å². The fourth-order valence-electron chi connectivity index (χ4n) is 2.70. The highest BCUT2D eigenvalue weighted by atomic mass is 16.7. The molecule has 0 saturated carbocycles. The third-order valence-electron chi connectivity index (χ3n) is 3.99. The molecule has 0 fully saturated rings. The van der Waals surface area contributed by atoms with Gasteiger partial charge < -0.3 is 24.6 Å². The van der Waals surface area contributed by atoms with Crippen molar-refractivity contribution < 1.29 is 24.1 Å². The zero-order valence-corrected chi connectivity index (χ0v) is 13.9. The van der Waals surface area contributed by atoms with Crippen LogP contribution >= 0.6 is 0 Å². The summed E-state index contributed by atoms with van der Waals surface area (Å²) in [5.74, 6) is 0.993. The molecule has 1 aliphatic heterocycles. The van der Waals surface area contributed by atoms with E-state index in [1.54, 1.807) is 25.3 Å². The number of nitrogens with zero attached hydrogens (tertiary/aromatic N) is 2. The number of carboxylic acid groups (broad SMARTS) is 1. The van der Waals surface area contributed by atoms with Gasteiger partial charge in [-0.05, 0) is 35.9 Å². The van der Waals surface area contributed by atoms with Crippen LogP contribution in [0.2, 0.25) is 0 Å². The summed E-state index contributed by atoms with van der Waals surface area (Å²) < 4.78 is 15.9. The molecular weight excluding hydrogens is 338 g/mol. The molecule has 132 valence electrons. The Hall–Kier alpha value is -3.55. The Kier molecular flexibility index (Phi) is 3.92. The van der Waals surface area contributed by atoms with E-state index in [4.69, 9.17) is 14.2 Å². The maximum absolute atomic E-state index is 11.3. The van der Waals surface area contributed by atoms with Crippen LogP contribution in [-0.4, -0.2) is 34.9 Å². The maximum Gasteiger partial charge on any atom is 0.374 e. The highest BCUT2D eigenvalue weighted by molar-refractivity contribution is 5.94. The van der Waals surface area contributed by atoms with Crippen LogP contribution in [0.25, 0.3) is 10.9 Å². The predicted molar refractivity (Wildman–Crippen MR) is 92.9 cm³/mol. The van der Waals surface area contributed by atoms with Gasteiger partial charge >= 0.3 is 5.97 Å². The standard InChI is InChI=1S/C18H15N3O5/c1-24-11-3-4-13-12(7-11)16(21-17(20-13)18(22)23)19-8-10-2-5-14-15(6-10)26-9-25-14/h2-7H,8-9H2,1H3,(H,22,23)(H,19,20,21). The SMILES string of the molecule is COc1ccc2nc(C(=O)O)nc(NCc3ccc4c(c3)OCO4)c2c1. The second kappa shape index (κ2) is 6.40. The van der Waals surface area contributed by atoms with Gasteiger partial charge in [0.15, 0.2) is 11.5 Å². The molecule has 0 unspecified atom stereocenters. The molecular formula is C18H15N3O5. The van der Waals surface area contributed by atoms with Crippen molar-refractivity contribution in [1.82, 2.24) is 9.97 Å². The maximum atomic E-state index is 11.3. The van der Waals surface area contributed by atoms with E-state index < -0.39 is 5.97 Å². The molecule has 4 rings (SSSR count). The molecule has 2 aromatic carbocycles.